The van der Waals surface area contributed by atoms with E-state index < -0.39 is 27.6 Å². The van der Waals surface area contributed by atoms with Gasteiger partial charge >= 0.3 is 0 Å². The summed E-state index contributed by atoms with van der Waals surface area (Å²) >= 11 is 0. The number of hydrogen-bond donors (Lipinski definition) is 0. The molecule has 4 rings (SSSR count). The Morgan fingerprint density at radius 3 is 2.07 bits per heavy atom. The summed E-state index contributed by atoms with van der Waals surface area (Å²) in [6.07, 6.45) is 1.82. The van der Waals surface area contributed by atoms with Gasteiger partial charge in [0, 0.05) is 32.5 Å². The molecule has 0 saturated carbocycles. The first-order valence-corrected chi connectivity index (χ1v) is 10.7. The van der Waals surface area contributed by atoms with E-state index in [1.54, 1.807) is 24.3 Å². The molecular weight excluding hydrogens is 372 g/mol. The lowest BCUT2D eigenvalue weighted by molar-refractivity contribution is -0.280. The SMILES string of the molecule is O=C1c2ccccc2C(=O)N1CCS(=O)(=O)N1CCC2(CC1)OCCCO2. The topological polar surface area (TPSA) is 93.2 Å². The Kier molecular flexibility index (Phi) is 4.79. The highest BCUT2D eigenvalue weighted by Crippen LogP contribution is 2.32. The molecule has 8 nitrogen and oxygen atoms in total. The van der Waals surface area contributed by atoms with Crippen LogP contribution in [0.2, 0.25) is 0 Å². The molecule has 2 amide bonds. The summed E-state index contributed by atoms with van der Waals surface area (Å²) < 4.78 is 38.3. The van der Waals surface area contributed by atoms with E-state index in [-0.39, 0.29) is 12.3 Å². The number of amides is 2. The number of ether oxygens (including phenoxy) is 2. The number of fused-ring (bicyclic) bond motifs is 1. The number of hydrogen-bond acceptors (Lipinski definition) is 6. The van der Waals surface area contributed by atoms with Crippen LogP contribution in [-0.4, -0.2) is 73.8 Å². The highest BCUT2D eigenvalue weighted by Gasteiger charge is 2.42. The molecule has 9 heteroatoms. The van der Waals surface area contributed by atoms with Crippen molar-refractivity contribution in [3.63, 3.8) is 0 Å². The van der Waals surface area contributed by atoms with Crippen LogP contribution in [0.4, 0.5) is 0 Å². The second kappa shape index (κ2) is 6.97. The minimum absolute atomic E-state index is 0.149. The van der Waals surface area contributed by atoms with Crippen LogP contribution in [0.1, 0.15) is 40.0 Å². The van der Waals surface area contributed by atoms with Crippen LogP contribution in [0.15, 0.2) is 24.3 Å². The third kappa shape index (κ3) is 3.40. The third-order valence-electron chi connectivity index (χ3n) is 5.35. The summed E-state index contributed by atoms with van der Waals surface area (Å²) in [4.78, 5) is 25.7. The minimum atomic E-state index is -3.58. The van der Waals surface area contributed by atoms with E-state index >= 15 is 0 Å². The number of nitrogens with zero attached hydrogens (tertiary/aromatic N) is 2. The van der Waals surface area contributed by atoms with Gasteiger partial charge in [0.1, 0.15) is 0 Å². The summed E-state index contributed by atoms with van der Waals surface area (Å²) in [5.74, 6) is -1.82. The van der Waals surface area contributed by atoms with Crippen molar-refractivity contribution in [3.8, 4) is 0 Å². The van der Waals surface area contributed by atoms with Crippen LogP contribution >= 0.6 is 0 Å². The van der Waals surface area contributed by atoms with Gasteiger partial charge in [0.2, 0.25) is 10.0 Å². The first-order chi connectivity index (χ1) is 12.9. The predicted molar refractivity (Wildman–Crippen MR) is 95.7 cm³/mol. The van der Waals surface area contributed by atoms with Gasteiger partial charge in [-0.25, -0.2) is 12.7 Å². The van der Waals surface area contributed by atoms with Gasteiger partial charge in [0.25, 0.3) is 11.8 Å². The van der Waals surface area contributed by atoms with Crippen LogP contribution in [-0.2, 0) is 19.5 Å². The van der Waals surface area contributed by atoms with Crippen LogP contribution in [0.3, 0.4) is 0 Å². The lowest BCUT2D eigenvalue weighted by Crippen LogP contribution is -2.52. The van der Waals surface area contributed by atoms with E-state index in [9.17, 15) is 18.0 Å². The number of sulfonamides is 1. The highest BCUT2D eigenvalue weighted by molar-refractivity contribution is 7.89. The van der Waals surface area contributed by atoms with Crippen LogP contribution in [0.25, 0.3) is 0 Å². The maximum Gasteiger partial charge on any atom is 0.261 e. The molecule has 1 spiro atoms. The molecule has 0 unspecified atom stereocenters. The maximum atomic E-state index is 12.7. The van der Waals surface area contributed by atoms with Gasteiger partial charge in [-0.3, -0.25) is 14.5 Å². The Bertz CT molecular complexity index is 817. The standard InChI is InChI=1S/C18H22N2O6S/c21-16-14-4-1-2-5-15(14)17(22)20(16)10-13-27(23,24)19-8-6-18(7-9-19)25-11-3-12-26-18/h1-2,4-5H,3,6-13H2. The van der Waals surface area contributed by atoms with Crippen LogP contribution in [0, 0.1) is 0 Å². The summed E-state index contributed by atoms with van der Waals surface area (Å²) in [6.45, 7) is 1.73. The smallest absolute Gasteiger partial charge is 0.261 e. The second-order valence-electron chi connectivity index (χ2n) is 6.98. The molecule has 1 aromatic carbocycles. The van der Waals surface area contributed by atoms with Gasteiger partial charge in [-0.15, -0.1) is 0 Å². The Morgan fingerprint density at radius 1 is 0.963 bits per heavy atom. The number of carbonyl (C=O) groups is 2. The molecule has 2 fully saturated rings. The lowest BCUT2D eigenvalue weighted by Gasteiger charge is -2.42. The van der Waals surface area contributed by atoms with Crippen molar-refractivity contribution in [2.24, 2.45) is 0 Å². The molecule has 146 valence electrons. The van der Waals surface area contributed by atoms with E-state index in [1.807, 2.05) is 0 Å². The molecule has 1 aromatic rings. The largest absolute Gasteiger partial charge is 0.350 e. The van der Waals surface area contributed by atoms with Crippen molar-refractivity contribution >= 4 is 21.8 Å². The zero-order valence-corrected chi connectivity index (χ0v) is 15.7. The number of benzene rings is 1. The van der Waals surface area contributed by atoms with Gasteiger partial charge in [-0.05, 0) is 18.6 Å². The normalized spacial score (nSPS) is 23.0. The molecule has 3 aliphatic heterocycles. The molecule has 3 aliphatic rings. The molecule has 0 atom stereocenters. The molecule has 0 radical (unpaired) electrons. The molecule has 0 aromatic heterocycles. The fraction of sp³-hybridized carbons (Fsp3) is 0.556. The average molecular weight is 394 g/mol. The van der Waals surface area contributed by atoms with Gasteiger partial charge < -0.3 is 9.47 Å². The van der Waals surface area contributed by atoms with Gasteiger partial charge in [0.15, 0.2) is 5.79 Å². The zero-order valence-electron chi connectivity index (χ0n) is 14.9. The molecule has 0 N–H and O–H groups in total. The van der Waals surface area contributed by atoms with E-state index in [0.717, 1.165) is 11.3 Å². The molecule has 0 aliphatic carbocycles. The summed E-state index contributed by atoms with van der Waals surface area (Å²) in [6, 6.07) is 6.53. The molecule has 27 heavy (non-hydrogen) atoms. The number of rotatable bonds is 4. The van der Waals surface area contributed by atoms with Gasteiger partial charge in [-0.1, -0.05) is 12.1 Å². The Hall–Kier alpha value is -1.81. The summed E-state index contributed by atoms with van der Waals surface area (Å²) in [5, 5.41) is 0. The first kappa shape index (κ1) is 18.5. The Balaban J connectivity index is 1.37. The predicted octanol–water partition coefficient (Wildman–Crippen LogP) is 0.841. The molecule has 2 saturated heterocycles. The quantitative estimate of drug-likeness (QED) is 0.703. The maximum absolute atomic E-state index is 12.7. The molecular formula is C18H22N2O6S. The van der Waals surface area contributed by atoms with Crippen molar-refractivity contribution in [1.82, 2.24) is 9.21 Å². The van der Waals surface area contributed by atoms with Crippen LogP contribution < -0.4 is 0 Å². The van der Waals surface area contributed by atoms with Crippen molar-refractivity contribution in [1.29, 1.82) is 0 Å². The molecule has 0 bridgehead atoms. The lowest BCUT2D eigenvalue weighted by atomic mass is 10.0. The van der Waals surface area contributed by atoms with E-state index in [0.29, 0.717) is 50.3 Å². The van der Waals surface area contributed by atoms with Crippen molar-refractivity contribution in [2.45, 2.75) is 25.0 Å². The van der Waals surface area contributed by atoms with Crippen LogP contribution in [0.5, 0.6) is 0 Å². The summed E-state index contributed by atoms with van der Waals surface area (Å²) in [5.41, 5.74) is 0.651. The first-order valence-electron chi connectivity index (χ1n) is 9.13. The Labute approximate surface area is 158 Å². The third-order valence-corrected chi connectivity index (χ3v) is 7.20. The number of carbonyl (C=O) groups excluding carboxylic acids is 2. The van der Waals surface area contributed by atoms with Crippen molar-refractivity contribution < 1.29 is 27.5 Å². The van der Waals surface area contributed by atoms with E-state index in [2.05, 4.69) is 0 Å². The number of piperidine rings is 1. The monoisotopic (exact) mass is 394 g/mol. The second-order valence-corrected chi connectivity index (χ2v) is 9.07. The van der Waals surface area contributed by atoms with Crippen molar-refractivity contribution in [2.75, 3.05) is 38.6 Å². The fourth-order valence-corrected chi connectivity index (χ4v) is 5.20. The minimum Gasteiger partial charge on any atom is -0.350 e. The van der Waals surface area contributed by atoms with Crippen molar-refractivity contribution in [3.05, 3.63) is 35.4 Å². The Morgan fingerprint density at radius 2 is 1.52 bits per heavy atom. The van der Waals surface area contributed by atoms with E-state index in [4.69, 9.17) is 9.47 Å². The number of imide groups is 1. The zero-order chi connectivity index (χ0) is 19.1. The van der Waals surface area contributed by atoms with E-state index in [1.165, 1.54) is 4.31 Å². The average Bonchev–Trinajstić information content (AvgIpc) is 2.92. The summed E-state index contributed by atoms with van der Waals surface area (Å²) in [7, 11) is -3.58. The fourth-order valence-electron chi connectivity index (χ4n) is 3.79. The highest BCUT2D eigenvalue weighted by atomic mass is 32.2. The van der Waals surface area contributed by atoms with Gasteiger partial charge in [0.05, 0.1) is 30.1 Å². The van der Waals surface area contributed by atoms with Gasteiger partial charge in [-0.2, -0.15) is 0 Å². The molecule has 3 heterocycles.